The van der Waals surface area contributed by atoms with Gasteiger partial charge in [0.05, 0.1) is 11.3 Å². The Hall–Kier alpha value is -4.33. The average molecular weight is 445 g/mol. The van der Waals surface area contributed by atoms with Crippen molar-refractivity contribution in [2.75, 3.05) is 12.1 Å². The lowest BCUT2D eigenvalue weighted by Crippen LogP contribution is -2.35. The number of anilines is 1. The monoisotopic (exact) mass is 445 g/mol. The first-order valence-electron chi connectivity index (χ1n) is 10.4. The van der Waals surface area contributed by atoms with Crippen molar-refractivity contribution < 1.29 is 23.9 Å². The fraction of sp³-hybridized carbons (Fsp3) is 0.160. The van der Waals surface area contributed by atoms with Gasteiger partial charge >= 0.3 is 11.8 Å². The SMILES string of the molecule is Cc1ccc(CNC(=O)C(=O)Nc2ccccc2C(=O)NCc2ccc3c(c2)OCO3)cc1. The summed E-state index contributed by atoms with van der Waals surface area (Å²) >= 11 is 0. The third-order valence-corrected chi connectivity index (χ3v) is 5.09. The Kier molecular flexibility index (Phi) is 6.54. The van der Waals surface area contributed by atoms with E-state index in [1.807, 2.05) is 37.3 Å². The van der Waals surface area contributed by atoms with Crippen LogP contribution in [-0.2, 0) is 22.7 Å². The van der Waals surface area contributed by atoms with Gasteiger partial charge < -0.3 is 25.4 Å². The van der Waals surface area contributed by atoms with Gasteiger partial charge in [-0.2, -0.15) is 0 Å². The van der Waals surface area contributed by atoms with Crippen LogP contribution in [0.2, 0.25) is 0 Å². The highest BCUT2D eigenvalue weighted by Gasteiger charge is 2.18. The third-order valence-electron chi connectivity index (χ3n) is 5.09. The Morgan fingerprint density at radius 3 is 2.30 bits per heavy atom. The van der Waals surface area contributed by atoms with Gasteiger partial charge in [0.2, 0.25) is 6.79 Å². The second-order valence-corrected chi connectivity index (χ2v) is 7.54. The Bertz CT molecular complexity index is 1190. The third kappa shape index (κ3) is 5.48. The molecular formula is C25H23N3O5. The molecule has 0 saturated heterocycles. The van der Waals surface area contributed by atoms with E-state index in [4.69, 9.17) is 9.47 Å². The summed E-state index contributed by atoms with van der Waals surface area (Å²) in [6.45, 7) is 2.63. The fourth-order valence-corrected chi connectivity index (χ4v) is 3.27. The topological polar surface area (TPSA) is 106 Å². The quantitative estimate of drug-likeness (QED) is 0.506. The number of ether oxygens (including phenoxy) is 2. The molecule has 8 heteroatoms. The van der Waals surface area contributed by atoms with Gasteiger partial charge in [-0.25, -0.2) is 0 Å². The molecule has 1 aliphatic rings. The molecule has 0 aliphatic carbocycles. The number of hydrogen-bond acceptors (Lipinski definition) is 5. The van der Waals surface area contributed by atoms with Crippen LogP contribution in [-0.4, -0.2) is 24.5 Å². The van der Waals surface area contributed by atoms with Gasteiger partial charge in [0.15, 0.2) is 11.5 Å². The number of rotatable bonds is 6. The summed E-state index contributed by atoms with van der Waals surface area (Å²) in [6.07, 6.45) is 0. The first-order chi connectivity index (χ1) is 16.0. The van der Waals surface area contributed by atoms with E-state index in [9.17, 15) is 14.4 Å². The van der Waals surface area contributed by atoms with Crippen LogP contribution in [0.15, 0.2) is 66.7 Å². The van der Waals surface area contributed by atoms with Crippen LogP contribution >= 0.6 is 0 Å². The molecule has 0 unspecified atom stereocenters. The van der Waals surface area contributed by atoms with Gasteiger partial charge in [-0.15, -0.1) is 0 Å². The molecule has 0 radical (unpaired) electrons. The van der Waals surface area contributed by atoms with Crippen molar-refractivity contribution in [1.29, 1.82) is 0 Å². The number of aryl methyl sites for hydroxylation is 1. The zero-order chi connectivity index (χ0) is 23.2. The smallest absolute Gasteiger partial charge is 0.313 e. The van der Waals surface area contributed by atoms with Gasteiger partial charge in [0.1, 0.15) is 0 Å². The van der Waals surface area contributed by atoms with E-state index in [1.54, 1.807) is 36.4 Å². The van der Waals surface area contributed by atoms with E-state index in [1.165, 1.54) is 0 Å². The zero-order valence-electron chi connectivity index (χ0n) is 18.0. The van der Waals surface area contributed by atoms with Gasteiger partial charge in [0.25, 0.3) is 5.91 Å². The maximum absolute atomic E-state index is 12.7. The molecule has 3 aromatic rings. The lowest BCUT2D eigenvalue weighted by molar-refractivity contribution is -0.136. The van der Waals surface area contributed by atoms with Crippen molar-refractivity contribution >= 4 is 23.4 Å². The van der Waals surface area contributed by atoms with Gasteiger partial charge in [-0.3, -0.25) is 14.4 Å². The summed E-state index contributed by atoms with van der Waals surface area (Å²) in [5.41, 5.74) is 3.32. The Morgan fingerprint density at radius 1 is 0.788 bits per heavy atom. The highest BCUT2D eigenvalue weighted by atomic mass is 16.7. The zero-order valence-corrected chi connectivity index (χ0v) is 18.0. The molecule has 0 fully saturated rings. The van der Waals surface area contributed by atoms with Crippen molar-refractivity contribution in [2.24, 2.45) is 0 Å². The van der Waals surface area contributed by atoms with Crippen LogP contribution in [0.25, 0.3) is 0 Å². The van der Waals surface area contributed by atoms with Crippen molar-refractivity contribution in [3.63, 3.8) is 0 Å². The molecule has 3 amide bonds. The maximum atomic E-state index is 12.7. The summed E-state index contributed by atoms with van der Waals surface area (Å²) < 4.78 is 10.6. The molecule has 1 aliphatic heterocycles. The predicted octanol–water partition coefficient (Wildman–Crippen LogP) is 2.91. The highest BCUT2D eigenvalue weighted by molar-refractivity contribution is 6.40. The first-order valence-corrected chi connectivity index (χ1v) is 10.4. The maximum Gasteiger partial charge on any atom is 0.313 e. The van der Waals surface area contributed by atoms with Crippen LogP contribution in [0.5, 0.6) is 11.5 Å². The molecule has 0 bridgehead atoms. The number of nitrogens with one attached hydrogen (secondary N) is 3. The van der Waals surface area contributed by atoms with Gasteiger partial charge in [-0.05, 0) is 42.3 Å². The van der Waals surface area contributed by atoms with E-state index in [-0.39, 0.29) is 37.0 Å². The van der Waals surface area contributed by atoms with E-state index in [0.717, 1.165) is 16.7 Å². The summed E-state index contributed by atoms with van der Waals surface area (Å²) in [5.74, 6) is -0.724. The normalized spacial score (nSPS) is 11.5. The molecule has 4 rings (SSSR count). The molecule has 0 atom stereocenters. The van der Waals surface area contributed by atoms with Crippen molar-refractivity contribution in [3.8, 4) is 11.5 Å². The average Bonchev–Trinajstić information content (AvgIpc) is 3.30. The number of carbonyl (C=O) groups excluding carboxylic acids is 3. The lowest BCUT2D eigenvalue weighted by atomic mass is 10.1. The highest BCUT2D eigenvalue weighted by Crippen LogP contribution is 2.32. The van der Waals surface area contributed by atoms with Crippen LogP contribution in [0.4, 0.5) is 5.69 Å². The summed E-state index contributed by atoms with van der Waals surface area (Å²) in [4.78, 5) is 37.3. The van der Waals surface area contributed by atoms with Crippen LogP contribution < -0.4 is 25.4 Å². The standard InChI is InChI=1S/C25H23N3O5/c1-16-6-8-17(9-7-16)13-27-24(30)25(31)28-20-5-3-2-4-19(20)23(29)26-14-18-10-11-21-22(12-18)33-15-32-21/h2-12H,13-15H2,1H3,(H,26,29)(H,27,30)(H,28,31). The van der Waals surface area contributed by atoms with Crippen LogP contribution in [0.1, 0.15) is 27.0 Å². The minimum atomic E-state index is -0.849. The van der Waals surface area contributed by atoms with E-state index in [0.29, 0.717) is 11.5 Å². The molecule has 3 N–H and O–H groups in total. The summed E-state index contributed by atoms with van der Waals surface area (Å²) in [6, 6.07) is 19.6. The van der Waals surface area contributed by atoms with E-state index >= 15 is 0 Å². The van der Waals surface area contributed by atoms with Crippen molar-refractivity contribution in [3.05, 3.63) is 89.0 Å². The summed E-state index contributed by atoms with van der Waals surface area (Å²) in [7, 11) is 0. The van der Waals surface area contributed by atoms with Crippen LogP contribution in [0, 0.1) is 6.92 Å². The first kappa shape index (κ1) is 21.9. The predicted molar refractivity (Wildman–Crippen MR) is 122 cm³/mol. The minimum Gasteiger partial charge on any atom is -0.454 e. The van der Waals surface area contributed by atoms with Gasteiger partial charge in [0, 0.05) is 13.1 Å². The second kappa shape index (κ2) is 9.86. The molecule has 8 nitrogen and oxygen atoms in total. The molecule has 0 spiro atoms. The second-order valence-electron chi connectivity index (χ2n) is 7.54. The molecule has 168 valence electrons. The Balaban J connectivity index is 1.35. The number of hydrogen-bond donors (Lipinski definition) is 3. The number of para-hydroxylation sites is 1. The number of amides is 3. The van der Waals surface area contributed by atoms with Crippen molar-refractivity contribution in [2.45, 2.75) is 20.0 Å². The van der Waals surface area contributed by atoms with E-state index < -0.39 is 11.8 Å². The molecular weight excluding hydrogens is 422 g/mol. The molecule has 3 aromatic carbocycles. The number of fused-ring (bicyclic) bond motifs is 1. The van der Waals surface area contributed by atoms with Crippen LogP contribution in [0.3, 0.4) is 0 Å². The molecule has 0 saturated carbocycles. The van der Waals surface area contributed by atoms with Crippen molar-refractivity contribution in [1.82, 2.24) is 10.6 Å². The fourth-order valence-electron chi connectivity index (χ4n) is 3.27. The number of carbonyl (C=O) groups is 3. The van der Waals surface area contributed by atoms with E-state index in [2.05, 4.69) is 16.0 Å². The molecule has 1 heterocycles. The Morgan fingerprint density at radius 2 is 1.48 bits per heavy atom. The summed E-state index contributed by atoms with van der Waals surface area (Å²) in [5, 5.41) is 7.91. The molecule has 0 aromatic heterocycles. The van der Waals surface area contributed by atoms with Gasteiger partial charge in [-0.1, -0.05) is 48.0 Å². The molecule has 33 heavy (non-hydrogen) atoms. The largest absolute Gasteiger partial charge is 0.454 e. The minimum absolute atomic E-state index is 0.177. The Labute approximate surface area is 190 Å². The lowest BCUT2D eigenvalue weighted by Gasteiger charge is -2.12. The number of benzene rings is 3.